The van der Waals surface area contributed by atoms with Gasteiger partial charge in [0, 0.05) is 105 Å². The number of unbranched alkanes of at least 4 members (excludes halogenated alkanes) is 5. The van der Waals surface area contributed by atoms with Crippen LogP contribution in [0.25, 0.3) is 0 Å². The van der Waals surface area contributed by atoms with Gasteiger partial charge >= 0.3 is 0 Å². The predicted molar refractivity (Wildman–Crippen MR) is 491 cm³/mol. The van der Waals surface area contributed by atoms with Gasteiger partial charge in [-0.25, -0.2) is 0 Å². The Hall–Kier alpha value is -12.7. The molecule has 11 atom stereocenters. The van der Waals surface area contributed by atoms with Crippen molar-refractivity contribution in [3.05, 3.63) is 127 Å². The Kier molecular flexibility index (Phi) is 39.9. The number of amides is 13. The monoisotopic (exact) mass is 1850 g/mol. The van der Waals surface area contributed by atoms with Gasteiger partial charge in [0.25, 0.3) is 11.4 Å². The van der Waals surface area contributed by atoms with Crippen LogP contribution >= 0.6 is 0 Å². The number of hydrogen-bond acceptors (Lipinski definition) is 27. The lowest BCUT2D eigenvalue weighted by Gasteiger charge is -2.50. The molecule has 0 fully saturated rings. The number of nitrogens with zero attached hydrogens (tertiary/aromatic N) is 4. The van der Waals surface area contributed by atoms with Gasteiger partial charge in [0.05, 0.1) is 40.4 Å². The SMILES string of the molecule is C#CCNC(=O)[C@H](CCCCNC(=O)[C@H](CCCCN)NC(=O)[C@H](CCCCN)NC(=O)[C@H](CCC(N)=O)NC(=O)[C@H](CO)NC(=O)CCN1c2ccccc2C(C)(C)[C@]12CCc1cc([N+](=O)[O-])ccc1O2)NC(=O)[C@H](CCCCN)NC(=O)[C@H](CCCCN)NC(=O)C(CCC(N)=O)NC(=O)[C@H](CO)NC(=O)CCN1c2ccccc2C(C)(C)[C@]12CCc1cc([N+](=O)[O-])ccc1O2. The van der Waals surface area contributed by atoms with E-state index in [1.54, 1.807) is 12.1 Å². The maximum absolute atomic E-state index is 14.6. The highest BCUT2D eigenvalue weighted by molar-refractivity contribution is 5.98. The van der Waals surface area contributed by atoms with Crippen LogP contribution in [-0.4, -0.2) is 228 Å². The molecule has 4 aromatic rings. The quantitative estimate of drug-likeness (QED) is 0.0120. The van der Waals surface area contributed by atoms with Gasteiger partial charge in [0.1, 0.15) is 65.9 Å². The van der Waals surface area contributed by atoms with E-state index >= 15 is 0 Å². The van der Waals surface area contributed by atoms with E-state index < -0.39 is 202 Å². The number of aliphatic hydroxyl groups excluding tert-OH is 2. The standard InChI is InChI=1S/C91H131N21O21/c1-6-48-98-79(119)63(103-81(121)64(24-12-17-45-93)104-83(123)66(26-14-19-47-95)106-85(125)68(33-37-76(97)116)108-87(127)70(55-114)101-78(118)41-51-110-72-29-10-8-22-61(72)89(4,5)91(110)43-39-57-53-59(112(130)131)31-35-74(57)133-91)27-15-20-49-99-80(120)62(23-11-16-44-92)102-82(122)65(25-13-18-46-94)105-84(124)67(32-36-75(96)115)107-86(126)69(54-113)100-77(117)40-50-109-71-28-9-7-21-60(71)88(2,3)90(109)42-38-56-52-58(111(128)129)30-34-73(56)132-90/h1,7-10,21-22,28-31,34-35,52-53,62-70,113-114H,11-20,23-27,32-33,36-51,54-55,92-95H2,2-5H3,(H2,96,115)(H2,97,116)(H,98,119)(H,99,120)(H,100,117)(H,101,118)(H,102,122)(H,103,121)(H,104,123)(H,105,124)(H,106,125)(H,107,126)(H,108,127)/t62-,63-,64-,65-,66-,67-,68?,69-,70-,90+,91+/m0/s1. The molecule has 4 aromatic carbocycles. The van der Waals surface area contributed by atoms with E-state index in [-0.39, 0.29) is 141 Å². The Labute approximate surface area is 772 Å². The summed E-state index contributed by atoms with van der Waals surface area (Å²) in [6.07, 6.45) is 7.85. The minimum atomic E-state index is -1.66. The summed E-state index contributed by atoms with van der Waals surface area (Å²) in [5, 5.41) is 73.5. The van der Waals surface area contributed by atoms with E-state index in [0.717, 1.165) is 22.5 Å². The van der Waals surface area contributed by atoms with Gasteiger partial charge in [-0.1, -0.05) is 42.3 Å². The summed E-state index contributed by atoms with van der Waals surface area (Å²) in [7, 11) is 0. The number of carbonyl (C=O) groups is 13. The average molecular weight is 1860 g/mol. The van der Waals surface area contributed by atoms with E-state index in [1.165, 1.54) is 24.3 Å². The number of benzene rings is 4. The van der Waals surface area contributed by atoms with Crippen LogP contribution in [0.15, 0.2) is 84.9 Å². The number of anilines is 2. The van der Waals surface area contributed by atoms with Crippen LogP contribution in [0.5, 0.6) is 11.5 Å². The first kappa shape index (κ1) is 106. The Bertz CT molecular complexity index is 4840. The van der Waals surface area contributed by atoms with Crippen LogP contribution in [0, 0.1) is 32.6 Å². The Morgan fingerprint density at radius 2 is 0.729 bits per heavy atom. The number of para-hydroxylation sites is 2. The van der Waals surface area contributed by atoms with Gasteiger partial charge in [-0.15, -0.1) is 6.42 Å². The molecule has 2 spiro atoms. The molecule has 0 saturated heterocycles. The molecule has 8 rings (SSSR count). The minimum absolute atomic E-state index is 0.0291. The number of nitro benzene ring substituents is 2. The second kappa shape index (κ2) is 50.2. The maximum atomic E-state index is 14.6. The van der Waals surface area contributed by atoms with Gasteiger partial charge in [0.15, 0.2) is 11.4 Å². The highest BCUT2D eigenvalue weighted by Gasteiger charge is 2.62. The summed E-state index contributed by atoms with van der Waals surface area (Å²) in [6.45, 7) is 6.72. The van der Waals surface area contributed by atoms with Gasteiger partial charge < -0.3 is 122 Å². The van der Waals surface area contributed by atoms with Crippen LogP contribution in [0.2, 0.25) is 0 Å². The van der Waals surface area contributed by atoms with E-state index in [0.29, 0.717) is 80.4 Å². The number of hydrogen-bond donors (Lipinski definition) is 19. The number of carbonyl (C=O) groups excluding carboxylic acids is 13. The van der Waals surface area contributed by atoms with Crippen molar-refractivity contribution in [1.29, 1.82) is 0 Å². The predicted octanol–water partition coefficient (Wildman–Crippen LogP) is 0.0523. The summed E-state index contributed by atoms with van der Waals surface area (Å²) >= 11 is 0. The van der Waals surface area contributed by atoms with Crippen LogP contribution in [-0.2, 0) is 86.0 Å². The number of rotatable bonds is 56. The molecular formula is C91H131N21O21. The van der Waals surface area contributed by atoms with E-state index in [9.17, 15) is 92.8 Å². The molecule has 0 aliphatic carbocycles. The number of ether oxygens (including phenoxy) is 2. The first-order chi connectivity index (χ1) is 63.5. The fourth-order valence-electron chi connectivity index (χ4n) is 17.6. The van der Waals surface area contributed by atoms with Crippen molar-refractivity contribution in [2.45, 2.75) is 265 Å². The van der Waals surface area contributed by atoms with Crippen LogP contribution < -0.4 is 112 Å². The van der Waals surface area contributed by atoms with E-state index in [4.69, 9.17) is 50.3 Å². The zero-order valence-corrected chi connectivity index (χ0v) is 76.0. The molecule has 13 amide bonds. The molecule has 0 bridgehead atoms. The number of aryl methyl sites for hydroxylation is 2. The van der Waals surface area contributed by atoms with Crippen LogP contribution in [0.1, 0.15) is 198 Å². The van der Waals surface area contributed by atoms with E-state index in [2.05, 4.69) is 64.4 Å². The molecule has 4 aliphatic rings. The number of terminal acetylenes is 1. The molecule has 25 N–H and O–H groups in total. The van der Waals surface area contributed by atoms with Crippen molar-refractivity contribution in [3.8, 4) is 23.8 Å². The summed E-state index contributed by atoms with van der Waals surface area (Å²) < 4.78 is 13.7. The lowest BCUT2D eigenvalue weighted by atomic mass is 9.74. The summed E-state index contributed by atoms with van der Waals surface area (Å²) in [4.78, 5) is 208. The smallest absolute Gasteiger partial charge is 0.269 e. The molecule has 42 nitrogen and oxygen atoms in total. The Morgan fingerprint density at radius 3 is 1.05 bits per heavy atom. The number of nitro groups is 2. The van der Waals surface area contributed by atoms with Gasteiger partial charge in [0.2, 0.25) is 76.8 Å². The lowest BCUT2D eigenvalue weighted by Crippen LogP contribution is -2.62. The molecular weight excluding hydrogens is 1720 g/mol. The third kappa shape index (κ3) is 27.7. The number of nitrogens with two attached hydrogens (primary N) is 6. The molecule has 4 aliphatic heterocycles. The molecule has 133 heavy (non-hydrogen) atoms. The summed E-state index contributed by atoms with van der Waals surface area (Å²) in [5.41, 5.74) is 35.5. The molecule has 0 aromatic heterocycles. The molecule has 42 heteroatoms. The van der Waals surface area contributed by atoms with Crippen molar-refractivity contribution < 1.29 is 91.9 Å². The fourth-order valence-corrected chi connectivity index (χ4v) is 17.6. The largest absolute Gasteiger partial charge is 0.467 e. The molecule has 0 saturated carbocycles. The Morgan fingerprint density at radius 1 is 0.421 bits per heavy atom. The second-order valence-electron chi connectivity index (χ2n) is 34.8. The first-order valence-electron chi connectivity index (χ1n) is 45.4. The zero-order chi connectivity index (χ0) is 97.3. The number of non-ortho nitro benzene ring substituents is 2. The van der Waals surface area contributed by atoms with Crippen molar-refractivity contribution in [1.82, 2.24) is 58.5 Å². The highest BCUT2D eigenvalue weighted by Crippen LogP contribution is 2.58. The minimum Gasteiger partial charge on any atom is -0.467 e. The number of nitrogens with one attached hydrogen (secondary N) is 11. The molecule has 726 valence electrons. The number of fused-ring (bicyclic) bond motifs is 4. The van der Waals surface area contributed by atoms with E-state index in [1.807, 2.05) is 86.0 Å². The molecule has 4 heterocycles. The van der Waals surface area contributed by atoms with Crippen molar-refractivity contribution in [2.24, 2.45) is 34.4 Å². The third-order valence-electron chi connectivity index (χ3n) is 25.0. The number of primary amides is 2. The van der Waals surface area contributed by atoms with Crippen LogP contribution in [0.4, 0.5) is 22.7 Å². The summed E-state index contributed by atoms with van der Waals surface area (Å²) in [5.74, 6) is -7.79. The third-order valence-corrected chi connectivity index (χ3v) is 25.0. The second-order valence-corrected chi connectivity index (χ2v) is 34.8. The van der Waals surface area contributed by atoms with Gasteiger partial charge in [-0.3, -0.25) is 82.6 Å². The van der Waals surface area contributed by atoms with Gasteiger partial charge in [-0.2, -0.15) is 0 Å². The average Bonchev–Trinajstić information content (AvgIpc) is 1.55. The molecule has 0 radical (unpaired) electrons. The van der Waals surface area contributed by atoms with Crippen LogP contribution in [0.3, 0.4) is 0 Å². The normalized spacial score (nSPS) is 17.7. The first-order valence-corrected chi connectivity index (χ1v) is 45.4. The Balaban J connectivity index is 0.878. The maximum Gasteiger partial charge on any atom is 0.269 e. The van der Waals surface area contributed by atoms with Crippen molar-refractivity contribution in [2.75, 3.05) is 75.4 Å². The summed E-state index contributed by atoms with van der Waals surface area (Å²) in [6, 6.07) is 10.7. The van der Waals surface area contributed by atoms with Crippen molar-refractivity contribution >= 4 is 99.5 Å². The topological polar surface area (TPSA) is 662 Å². The fraction of sp³-hybridized carbons (Fsp3) is 0.571. The van der Waals surface area contributed by atoms with Crippen molar-refractivity contribution in [3.63, 3.8) is 0 Å². The molecule has 1 unspecified atom stereocenters. The lowest BCUT2D eigenvalue weighted by molar-refractivity contribution is -0.385. The van der Waals surface area contributed by atoms with Gasteiger partial charge in [-0.05, 0) is 211 Å². The zero-order valence-electron chi connectivity index (χ0n) is 76.0. The number of aliphatic hydroxyl groups is 2. The highest BCUT2D eigenvalue weighted by atomic mass is 16.6.